The zero-order valence-corrected chi connectivity index (χ0v) is 12.0. The lowest BCUT2D eigenvalue weighted by molar-refractivity contribution is -0.0289. The molecule has 1 unspecified atom stereocenters. The third-order valence-corrected chi connectivity index (χ3v) is 4.49. The highest BCUT2D eigenvalue weighted by Crippen LogP contribution is 2.29. The van der Waals surface area contributed by atoms with Crippen molar-refractivity contribution in [1.29, 1.82) is 0 Å². The number of piperidine rings is 3. The number of carbonyl (C=O) groups is 1. The summed E-state index contributed by atoms with van der Waals surface area (Å²) in [5.41, 5.74) is 2.00. The van der Waals surface area contributed by atoms with Gasteiger partial charge in [0.2, 0.25) is 0 Å². The van der Waals surface area contributed by atoms with E-state index >= 15 is 0 Å². The summed E-state index contributed by atoms with van der Waals surface area (Å²) >= 11 is 0. The summed E-state index contributed by atoms with van der Waals surface area (Å²) in [5, 5.41) is 2.89. The SMILES string of the molecule is CCc1ccccc1NC(=O)OC1CN2CCC1CC2. The lowest BCUT2D eigenvalue weighted by Crippen LogP contribution is -2.52. The Hall–Kier alpha value is -1.55. The Balaban J connectivity index is 1.60. The van der Waals surface area contributed by atoms with Gasteiger partial charge in [0.1, 0.15) is 6.10 Å². The van der Waals surface area contributed by atoms with Crippen LogP contribution in [0, 0.1) is 5.92 Å². The second-order valence-corrected chi connectivity index (χ2v) is 5.72. The molecule has 1 amide bonds. The molecule has 1 aromatic carbocycles. The fourth-order valence-corrected chi connectivity index (χ4v) is 3.27. The van der Waals surface area contributed by atoms with Crippen molar-refractivity contribution in [3.05, 3.63) is 29.8 Å². The fraction of sp³-hybridized carbons (Fsp3) is 0.562. The number of amides is 1. The van der Waals surface area contributed by atoms with Gasteiger partial charge in [-0.25, -0.2) is 4.79 Å². The van der Waals surface area contributed by atoms with E-state index in [2.05, 4.69) is 17.1 Å². The molecule has 0 saturated carbocycles. The molecule has 1 aromatic rings. The lowest BCUT2D eigenvalue weighted by atomic mass is 9.86. The van der Waals surface area contributed by atoms with Gasteiger partial charge in [0.05, 0.1) is 0 Å². The number of nitrogens with zero attached hydrogens (tertiary/aromatic N) is 1. The maximum atomic E-state index is 12.1. The van der Waals surface area contributed by atoms with Crippen LogP contribution in [0.15, 0.2) is 24.3 Å². The Kier molecular flexibility index (Phi) is 3.92. The van der Waals surface area contributed by atoms with Gasteiger partial charge >= 0.3 is 6.09 Å². The highest BCUT2D eigenvalue weighted by atomic mass is 16.6. The molecule has 3 heterocycles. The van der Waals surface area contributed by atoms with Crippen LogP contribution in [-0.4, -0.2) is 36.7 Å². The summed E-state index contributed by atoms with van der Waals surface area (Å²) in [6, 6.07) is 7.88. The summed E-state index contributed by atoms with van der Waals surface area (Å²) < 4.78 is 5.64. The van der Waals surface area contributed by atoms with Crippen LogP contribution in [0.25, 0.3) is 0 Å². The Morgan fingerprint density at radius 3 is 2.75 bits per heavy atom. The Morgan fingerprint density at radius 2 is 2.10 bits per heavy atom. The summed E-state index contributed by atoms with van der Waals surface area (Å²) in [7, 11) is 0. The number of para-hydroxylation sites is 1. The molecule has 2 bridgehead atoms. The van der Waals surface area contributed by atoms with Gasteiger partial charge in [0.25, 0.3) is 0 Å². The summed E-state index contributed by atoms with van der Waals surface area (Å²) in [6.45, 7) is 5.29. The zero-order chi connectivity index (χ0) is 13.9. The first-order valence-corrected chi connectivity index (χ1v) is 7.54. The molecule has 4 heteroatoms. The maximum absolute atomic E-state index is 12.1. The molecule has 3 aliphatic heterocycles. The molecule has 4 rings (SSSR count). The Labute approximate surface area is 120 Å². The van der Waals surface area contributed by atoms with Crippen molar-refractivity contribution in [1.82, 2.24) is 4.90 Å². The summed E-state index contributed by atoms with van der Waals surface area (Å²) in [5.74, 6) is 0.548. The number of benzene rings is 1. The van der Waals surface area contributed by atoms with E-state index in [1.165, 1.54) is 0 Å². The molecule has 3 fully saturated rings. The Morgan fingerprint density at radius 1 is 1.35 bits per heavy atom. The quantitative estimate of drug-likeness (QED) is 0.921. The number of ether oxygens (including phenoxy) is 1. The zero-order valence-electron chi connectivity index (χ0n) is 12.0. The van der Waals surface area contributed by atoms with E-state index in [1.54, 1.807) is 0 Å². The maximum Gasteiger partial charge on any atom is 0.411 e. The van der Waals surface area contributed by atoms with Gasteiger partial charge < -0.3 is 4.74 Å². The van der Waals surface area contributed by atoms with Crippen molar-refractivity contribution in [3.63, 3.8) is 0 Å². The van der Waals surface area contributed by atoms with E-state index in [9.17, 15) is 4.79 Å². The fourth-order valence-electron chi connectivity index (χ4n) is 3.27. The first kappa shape index (κ1) is 13.4. The number of hydrogen-bond donors (Lipinski definition) is 1. The monoisotopic (exact) mass is 274 g/mol. The number of carbonyl (C=O) groups excluding carboxylic acids is 1. The van der Waals surface area contributed by atoms with Crippen molar-refractivity contribution >= 4 is 11.8 Å². The van der Waals surface area contributed by atoms with Crippen molar-refractivity contribution in [2.45, 2.75) is 32.3 Å². The highest BCUT2D eigenvalue weighted by Gasteiger charge is 2.36. The first-order valence-electron chi connectivity index (χ1n) is 7.54. The molecule has 1 N–H and O–H groups in total. The third kappa shape index (κ3) is 2.80. The molecule has 0 spiro atoms. The lowest BCUT2D eigenvalue weighted by Gasteiger charge is -2.43. The van der Waals surface area contributed by atoms with Gasteiger partial charge in [-0.3, -0.25) is 10.2 Å². The number of rotatable bonds is 3. The number of anilines is 1. The van der Waals surface area contributed by atoms with Crippen LogP contribution < -0.4 is 5.32 Å². The second-order valence-electron chi connectivity index (χ2n) is 5.72. The molecular formula is C16H22N2O2. The second kappa shape index (κ2) is 5.83. The van der Waals surface area contributed by atoms with E-state index in [0.717, 1.165) is 50.1 Å². The van der Waals surface area contributed by atoms with Crippen molar-refractivity contribution in [2.75, 3.05) is 25.0 Å². The van der Waals surface area contributed by atoms with Crippen LogP contribution in [0.3, 0.4) is 0 Å². The first-order chi connectivity index (χ1) is 9.76. The van der Waals surface area contributed by atoms with E-state index < -0.39 is 0 Å². The van der Waals surface area contributed by atoms with Crippen LogP contribution in [0.1, 0.15) is 25.3 Å². The van der Waals surface area contributed by atoms with Crippen molar-refractivity contribution < 1.29 is 9.53 Å². The van der Waals surface area contributed by atoms with E-state index in [1.807, 2.05) is 24.3 Å². The van der Waals surface area contributed by atoms with Gasteiger partial charge in [-0.15, -0.1) is 0 Å². The van der Waals surface area contributed by atoms with Gasteiger partial charge in [-0.1, -0.05) is 25.1 Å². The molecule has 3 aliphatic rings. The molecule has 1 atom stereocenters. The number of fused-ring (bicyclic) bond motifs is 3. The van der Waals surface area contributed by atoms with Gasteiger partial charge in [0.15, 0.2) is 0 Å². The van der Waals surface area contributed by atoms with E-state index in [-0.39, 0.29) is 12.2 Å². The molecule has 0 aliphatic carbocycles. The smallest absolute Gasteiger partial charge is 0.411 e. The average molecular weight is 274 g/mol. The molecule has 108 valence electrons. The predicted molar refractivity (Wildman–Crippen MR) is 78.9 cm³/mol. The molecular weight excluding hydrogens is 252 g/mol. The largest absolute Gasteiger partial charge is 0.444 e. The summed E-state index contributed by atoms with van der Waals surface area (Å²) in [4.78, 5) is 14.5. The standard InChI is InChI=1S/C16H22N2O2/c1-2-12-5-3-4-6-14(12)17-16(19)20-15-11-18-9-7-13(15)8-10-18/h3-6,13,15H,2,7-11H2,1H3,(H,17,19). The average Bonchev–Trinajstić information content (AvgIpc) is 2.49. The van der Waals surface area contributed by atoms with Gasteiger partial charge in [-0.05, 0) is 49.9 Å². The van der Waals surface area contributed by atoms with Crippen LogP contribution in [-0.2, 0) is 11.2 Å². The number of aryl methyl sites for hydroxylation is 1. The third-order valence-electron chi connectivity index (χ3n) is 4.49. The van der Waals surface area contributed by atoms with Crippen molar-refractivity contribution in [3.8, 4) is 0 Å². The molecule has 0 aromatic heterocycles. The molecule has 3 saturated heterocycles. The minimum atomic E-state index is -0.315. The molecule has 0 radical (unpaired) electrons. The summed E-state index contributed by atoms with van der Waals surface area (Å²) in [6.07, 6.45) is 2.96. The Bertz CT molecular complexity index is 481. The van der Waals surface area contributed by atoms with Gasteiger partial charge in [0, 0.05) is 12.2 Å². The highest BCUT2D eigenvalue weighted by molar-refractivity contribution is 5.85. The predicted octanol–water partition coefficient (Wildman–Crippen LogP) is 2.89. The minimum absolute atomic E-state index is 0.0614. The minimum Gasteiger partial charge on any atom is -0.444 e. The topological polar surface area (TPSA) is 41.6 Å². The normalized spacial score (nSPS) is 28.1. The van der Waals surface area contributed by atoms with Crippen LogP contribution in [0.2, 0.25) is 0 Å². The van der Waals surface area contributed by atoms with Crippen LogP contribution >= 0.6 is 0 Å². The van der Waals surface area contributed by atoms with Crippen LogP contribution in [0.5, 0.6) is 0 Å². The van der Waals surface area contributed by atoms with E-state index in [0.29, 0.717) is 5.92 Å². The van der Waals surface area contributed by atoms with Gasteiger partial charge in [-0.2, -0.15) is 0 Å². The number of nitrogens with one attached hydrogen (secondary N) is 1. The van der Waals surface area contributed by atoms with E-state index in [4.69, 9.17) is 4.74 Å². The molecule has 4 nitrogen and oxygen atoms in total. The number of hydrogen-bond acceptors (Lipinski definition) is 3. The van der Waals surface area contributed by atoms with Crippen molar-refractivity contribution in [2.24, 2.45) is 5.92 Å². The van der Waals surface area contributed by atoms with Crippen LogP contribution in [0.4, 0.5) is 10.5 Å². The molecule has 20 heavy (non-hydrogen) atoms.